The van der Waals surface area contributed by atoms with Crippen molar-refractivity contribution in [2.45, 2.75) is 32.2 Å². The van der Waals surface area contributed by atoms with Gasteiger partial charge in [0.2, 0.25) is 5.91 Å². The highest BCUT2D eigenvalue weighted by Gasteiger charge is 2.12. The van der Waals surface area contributed by atoms with Crippen molar-refractivity contribution in [2.24, 2.45) is 5.73 Å². The third kappa shape index (κ3) is 4.44. The van der Waals surface area contributed by atoms with E-state index in [4.69, 9.17) is 10.5 Å². The molecule has 0 radical (unpaired) electrons. The molecule has 1 aromatic rings. The van der Waals surface area contributed by atoms with Gasteiger partial charge < -0.3 is 15.8 Å². The minimum Gasteiger partial charge on any atom is -0.497 e. The number of rotatable bonds is 6. The second kappa shape index (κ2) is 6.91. The number of amides is 1. The average molecular weight is 236 g/mol. The Morgan fingerprint density at radius 1 is 1.41 bits per heavy atom. The van der Waals surface area contributed by atoms with Gasteiger partial charge in [-0.3, -0.25) is 4.79 Å². The topological polar surface area (TPSA) is 64.4 Å². The van der Waals surface area contributed by atoms with E-state index in [9.17, 15) is 4.79 Å². The Balaban J connectivity index is 2.49. The molecule has 0 saturated carbocycles. The first kappa shape index (κ1) is 13.5. The lowest BCUT2D eigenvalue weighted by Crippen LogP contribution is -2.35. The van der Waals surface area contributed by atoms with Crippen LogP contribution in [0.1, 0.15) is 26.2 Å². The van der Waals surface area contributed by atoms with Crippen LogP contribution < -0.4 is 15.8 Å². The molecule has 0 heterocycles. The van der Waals surface area contributed by atoms with Crippen LogP contribution in [-0.2, 0) is 4.79 Å². The zero-order valence-electron chi connectivity index (χ0n) is 10.4. The molecule has 94 valence electrons. The first-order valence-corrected chi connectivity index (χ1v) is 5.88. The minimum atomic E-state index is -0.433. The molecule has 0 saturated heterocycles. The van der Waals surface area contributed by atoms with Crippen molar-refractivity contribution in [3.63, 3.8) is 0 Å². The number of nitrogens with two attached hydrogens (primary N) is 1. The molecule has 1 atom stereocenters. The fraction of sp³-hybridized carbons (Fsp3) is 0.462. The molecule has 3 N–H and O–H groups in total. The molecule has 0 aliphatic carbocycles. The molecule has 4 nitrogen and oxygen atoms in total. The van der Waals surface area contributed by atoms with E-state index in [1.807, 2.05) is 0 Å². The Labute approximate surface area is 102 Å². The van der Waals surface area contributed by atoms with Crippen LogP contribution in [0.15, 0.2) is 24.3 Å². The summed E-state index contributed by atoms with van der Waals surface area (Å²) in [5.41, 5.74) is 6.51. The van der Waals surface area contributed by atoms with Gasteiger partial charge in [0.05, 0.1) is 13.2 Å². The maximum atomic E-state index is 11.7. The number of benzene rings is 1. The normalized spacial score (nSPS) is 11.9. The third-order valence-electron chi connectivity index (χ3n) is 2.56. The first-order chi connectivity index (χ1) is 8.17. The number of ether oxygens (including phenoxy) is 1. The van der Waals surface area contributed by atoms with Crippen LogP contribution in [0.2, 0.25) is 0 Å². The number of carbonyl (C=O) groups excluding carboxylic acids is 1. The van der Waals surface area contributed by atoms with Gasteiger partial charge in [-0.15, -0.1) is 0 Å². The predicted octanol–water partition coefficient (Wildman–Crippen LogP) is 2.15. The van der Waals surface area contributed by atoms with Crippen LogP contribution in [0.25, 0.3) is 0 Å². The van der Waals surface area contributed by atoms with Crippen molar-refractivity contribution < 1.29 is 9.53 Å². The number of methoxy groups -OCH3 is 1. The van der Waals surface area contributed by atoms with Gasteiger partial charge in [0, 0.05) is 5.69 Å². The minimum absolute atomic E-state index is 0.136. The second-order valence-electron chi connectivity index (χ2n) is 3.97. The fourth-order valence-electron chi connectivity index (χ4n) is 1.46. The highest BCUT2D eigenvalue weighted by Crippen LogP contribution is 2.15. The molecule has 1 aromatic carbocycles. The quantitative estimate of drug-likeness (QED) is 0.795. The molecular weight excluding hydrogens is 216 g/mol. The Hall–Kier alpha value is -1.55. The van der Waals surface area contributed by atoms with Crippen molar-refractivity contribution in [3.05, 3.63) is 24.3 Å². The molecule has 0 bridgehead atoms. The van der Waals surface area contributed by atoms with Crippen molar-refractivity contribution >= 4 is 11.6 Å². The molecule has 0 aliphatic heterocycles. The van der Waals surface area contributed by atoms with E-state index < -0.39 is 6.04 Å². The van der Waals surface area contributed by atoms with Crippen LogP contribution in [-0.4, -0.2) is 19.1 Å². The summed E-state index contributed by atoms with van der Waals surface area (Å²) in [5, 5.41) is 2.78. The molecule has 0 aromatic heterocycles. The van der Waals surface area contributed by atoms with Gasteiger partial charge in [-0.1, -0.05) is 19.8 Å². The Kier molecular flexibility index (Phi) is 5.49. The molecule has 17 heavy (non-hydrogen) atoms. The zero-order valence-corrected chi connectivity index (χ0v) is 10.4. The van der Waals surface area contributed by atoms with Crippen molar-refractivity contribution in [2.75, 3.05) is 12.4 Å². The summed E-state index contributed by atoms with van der Waals surface area (Å²) in [6, 6.07) is 6.75. The Morgan fingerprint density at radius 2 is 2.06 bits per heavy atom. The van der Waals surface area contributed by atoms with Crippen molar-refractivity contribution in [1.82, 2.24) is 0 Å². The zero-order chi connectivity index (χ0) is 12.7. The third-order valence-corrected chi connectivity index (χ3v) is 2.56. The van der Waals surface area contributed by atoms with E-state index in [1.165, 1.54) is 0 Å². The van der Waals surface area contributed by atoms with Crippen molar-refractivity contribution in [3.8, 4) is 5.75 Å². The predicted molar refractivity (Wildman–Crippen MR) is 69.1 cm³/mol. The van der Waals surface area contributed by atoms with E-state index in [2.05, 4.69) is 12.2 Å². The molecular formula is C13H20N2O2. The lowest BCUT2D eigenvalue weighted by Gasteiger charge is -2.11. The van der Waals surface area contributed by atoms with E-state index >= 15 is 0 Å². The van der Waals surface area contributed by atoms with Gasteiger partial charge >= 0.3 is 0 Å². The standard InChI is InChI=1S/C13H20N2O2/c1-3-4-5-12(14)13(16)15-10-6-8-11(17-2)9-7-10/h6-9,12H,3-5,14H2,1-2H3,(H,15,16)/t12-/m0/s1. The van der Waals surface area contributed by atoms with Crippen molar-refractivity contribution in [1.29, 1.82) is 0 Å². The summed E-state index contributed by atoms with van der Waals surface area (Å²) in [6.07, 6.45) is 2.74. The van der Waals surface area contributed by atoms with Gasteiger partial charge in [0.15, 0.2) is 0 Å². The number of nitrogens with one attached hydrogen (secondary N) is 1. The molecule has 0 unspecified atom stereocenters. The maximum Gasteiger partial charge on any atom is 0.241 e. The van der Waals surface area contributed by atoms with Gasteiger partial charge in [0.25, 0.3) is 0 Å². The van der Waals surface area contributed by atoms with Crippen LogP contribution in [0.3, 0.4) is 0 Å². The largest absolute Gasteiger partial charge is 0.497 e. The Morgan fingerprint density at radius 3 is 2.59 bits per heavy atom. The number of carbonyl (C=O) groups is 1. The van der Waals surface area contributed by atoms with E-state index in [1.54, 1.807) is 31.4 Å². The molecule has 1 amide bonds. The van der Waals surface area contributed by atoms with Gasteiger partial charge in [-0.2, -0.15) is 0 Å². The van der Waals surface area contributed by atoms with Gasteiger partial charge in [-0.05, 0) is 30.7 Å². The number of hydrogen-bond donors (Lipinski definition) is 2. The van der Waals surface area contributed by atoms with E-state index in [-0.39, 0.29) is 5.91 Å². The second-order valence-corrected chi connectivity index (χ2v) is 3.97. The van der Waals surface area contributed by atoms with Crippen LogP contribution in [0.5, 0.6) is 5.75 Å². The van der Waals surface area contributed by atoms with E-state index in [0.29, 0.717) is 0 Å². The summed E-state index contributed by atoms with van der Waals surface area (Å²) in [5.74, 6) is 0.627. The lowest BCUT2D eigenvalue weighted by molar-refractivity contribution is -0.117. The number of unbranched alkanes of at least 4 members (excludes halogenated alkanes) is 1. The highest BCUT2D eigenvalue weighted by atomic mass is 16.5. The summed E-state index contributed by atoms with van der Waals surface area (Å²) in [4.78, 5) is 11.7. The average Bonchev–Trinajstić information content (AvgIpc) is 2.36. The first-order valence-electron chi connectivity index (χ1n) is 5.88. The lowest BCUT2D eigenvalue weighted by atomic mass is 10.1. The molecule has 1 rings (SSSR count). The number of anilines is 1. The highest BCUT2D eigenvalue weighted by molar-refractivity contribution is 5.94. The summed E-state index contributed by atoms with van der Waals surface area (Å²) in [6.45, 7) is 2.08. The summed E-state index contributed by atoms with van der Waals surface area (Å²) < 4.78 is 5.04. The van der Waals surface area contributed by atoms with Crippen LogP contribution in [0, 0.1) is 0 Å². The smallest absolute Gasteiger partial charge is 0.241 e. The summed E-state index contributed by atoms with van der Waals surface area (Å²) >= 11 is 0. The Bertz CT molecular complexity index is 349. The molecule has 4 heteroatoms. The summed E-state index contributed by atoms with van der Waals surface area (Å²) in [7, 11) is 1.61. The van der Waals surface area contributed by atoms with Crippen LogP contribution in [0.4, 0.5) is 5.69 Å². The van der Waals surface area contributed by atoms with Gasteiger partial charge in [-0.25, -0.2) is 0 Å². The van der Waals surface area contributed by atoms with E-state index in [0.717, 1.165) is 30.7 Å². The molecule has 0 fully saturated rings. The number of hydrogen-bond acceptors (Lipinski definition) is 3. The molecule has 0 spiro atoms. The van der Waals surface area contributed by atoms with Gasteiger partial charge in [0.1, 0.15) is 5.75 Å². The SMILES string of the molecule is CCCC[C@H](N)C(=O)Nc1ccc(OC)cc1. The fourth-order valence-corrected chi connectivity index (χ4v) is 1.46. The monoisotopic (exact) mass is 236 g/mol. The maximum absolute atomic E-state index is 11.7. The molecule has 0 aliphatic rings. The van der Waals surface area contributed by atoms with Crippen LogP contribution >= 0.6 is 0 Å².